The maximum Gasteiger partial charge on any atom is 0.254 e. The molecule has 2 aliphatic rings. The van der Waals surface area contributed by atoms with Crippen molar-refractivity contribution in [2.75, 3.05) is 19.6 Å². The van der Waals surface area contributed by atoms with Gasteiger partial charge in [0.15, 0.2) is 5.65 Å². The topological polar surface area (TPSA) is 94.1 Å². The molecule has 2 aromatic heterocycles. The second-order valence-electron chi connectivity index (χ2n) is 9.82. The number of carbonyl (C=O) groups is 1. The lowest BCUT2D eigenvalue weighted by atomic mass is 9.93. The number of aromatic amines is 1. The SMILES string of the molecule is O=C(c1cc(-c2ccc(O)cc2)nc2[nH]nc(C=Cc3ccccc3)c12)N1CCNC2(CCCC2)C1. The number of fused-ring (bicyclic) bond motifs is 1. The van der Waals surface area contributed by atoms with Gasteiger partial charge >= 0.3 is 0 Å². The van der Waals surface area contributed by atoms with Crippen LogP contribution in [-0.4, -0.2) is 56.3 Å². The van der Waals surface area contributed by atoms with Gasteiger partial charge in [-0.25, -0.2) is 4.98 Å². The summed E-state index contributed by atoms with van der Waals surface area (Å²) in [7, 11) is 0. The average molecular weight is 480 g/mol. The molecule has 1 saturated carbocycles. The second-order valence-corrected chi connectivity index (χ2v) is 9.82. The summed E-state index contributed by atoms with van der Waals surface area (Å²) in [6.45, 7) is 2.19. The third-order valence-electron chi connectivity index (χ3n) is 7.41. The second kappa shape index (κ2) is 9.24. The smallest absolute Gasteiger partial charge is 0.254 e. The zero-order valence-corrected chi connectivity index (χ0v) is 20.1. The molecule has 1 saturated heterocycles. The summed E-state index contributed by atoms with van der Waals surface area (Å²) < 4.78 is 0. The summed E-state index contributed by atoms with van der Waals surface area (Å²) in [5, 5.41) is 21.7. The Morgan fingerprint density at radius 3 is 2.58 bits per heavy atom. The van der Waals surface area contributed by atoms with E-state index in [1.54, 1.807) is 12.1 Å². The van der Waals surface area contributed by atoms with E-state index < -0.39 is 0 Å². The fourth-order valence-electron chi connectivity index (χ4n) is 5.55. The van der Waals surface area contributed by atoms with Crippen LogP contribution in [0.15, 0.2) is 60.7 Å². The van der Waals surface area contributed by atoms with Gasteiger partial charge in [-0.1, -0.05) is 49.2 Å². The van der Waals surface area contributed by atoms with Gasteiger partial charge in [0.05, 0.1) is 22.3 Å². The number of aromatic hydroxyl groups is 1. The Bertz CT molecular complexity index is 1420. The van der Waals surface area contributed by atoms with Crippen LogP contribution in [0, 0.1) is 0 Å². The highest BCUT2D eigenvalue weighted by atomic mass is 16.3. The molecule has 0 radical (unpaired) electrons. The van der Waals surface area contributed by atoms with E-state index >= 15 is 0 Å². The van der Waals surface area contributed by atoms with E-state index in [-0.39, 0.29) is 17.2 Å². The van der Waals surface area contributed by atoms with E-state index in [2.05, 4.69) is 15.5 Å². The number of phenolic OH excluding ortho intramolecular Hbond substituents is 1. The number of pyridine rings is 1. The molecule has 0 unspecified atom stereocenters. The minimum absolute atomic E-state index is 0.00552. The molecular formula is C29H29N5O2. The number of piperazine rings is 1. The van der Waals surface area contributed by atoms with Crippen molar-refractivity contribution in [2.24, 2.45) is 0 Å². The van der Waals surface area contributed by atoms with E-state index in [1.165, 1.54) is 12.8 Å². The molecule has 0 bridgehead atoms. The molecule has 1 spiro atoms. The van der Waals surface area contributed by atoms with Crippen molar-refractivity contribution < 1.29 is 9.90 Å². The summed E-state index contributed by atoms with van der Waals surface area (Å²) in [4.78, 5) is 20.9. The average Bonchev–Trinajstić information content (AvgIpc) is 3.54. The molecular weight excluding hydrogens is 450 g/mol. The van der Waals surface area contributed by atoms with Crippen LogP contribution in [0.3, 0.4) is 0 Å². The molecule has 6 rings (SSSR count). The maximum absolute atomic E-state index is 14.1. The molecule has 2 aromatic carbocycles. The number of nitrogens with one attached hydrogen (secondary N) is 2. The number of hydrogen-bond acceptors (Lipinski definition) is 5. The molecule has 4 aromatic rings. The number of amides is 1. The first-order valence-corrected chi connectivity index (χ1v) is 12.6. The summed E-state index contributed by atoms with van der Waals surface area (Å²) in [6.07, 6.45) is 8.56. The van der Waals surface area contributed by atoms with Crippen LogP contribution >= 0.6 is 0 Å². The Balaban J connectivity index is 1.44. The number of rotatable bonds is 4. The van der Waals surface area contributed by atoms with E-state index in [0.717, 1.165) is 42.4 Å². The molecule has 7 nitrogen and oxygen atoms in total. The van der Waals surface area contributed by atoms with Crippen molar-refractivity contribution in [1.29, 1.82) is 0 Å². The highest BCUT2D eigenvalue weighted by Crippen LogP contribution is 2.34. The van der Waals surface area contributed by atoms with Crippen molar-refractivity contribution in [1.82, 2.24) is 25.4 Å². The summed E-state index contributed by atoms with van der Waals surface area (Å²) in [5.74, 6) is 0.194. The first-order chi connectivity index (χ1) is 17.6. The fourth-order valence-corrected chi connectivity index (χ4v) is 5.55. The highest BCUT2D eigenvalue weighted by Gasteiger charge is 2.39. The first kappa shape index (κ1) is 22.5. The Morgan fingerprint density at radius 2 is 1.81 bits per heavy atom. The summed E-state index contributed by atoms with van der Waals surface area (Å²) in [6, 6.07) is 18.8. The van der Waals surface area contributed by atoms with Crippen molar-refractivity contribution in [3.05, 3.63) is 77.5 Å². The number of phenols is 1. The zero-order chi connectivity index (χ0) is 24.5. The number of hydrogen-bond donors (Lipinski definition) is 3. The van der Waals surface area contributed by atoms with Gasteiger partial charge in [0.1, 0.15) is 5.75 Å². The highest BCUT2D eigenvalue weighted by molar-refractivity contribution is 6.09. The first-order valence-electron chi connectivity index (χ1n) is 12.6. The van der Waals surface area contributed by atoms with Crippen LogP contribution in [0.1, 0.15) is 47.3 Å². The molecule has 182 valence electrons. The van der Waals surface area contributed by atoms with Crippen LogP contribution in [0.2, 0.25) is 0 Å². The van der Waals surface area contributed by atoms with Crippen LogP contribution in [0.4, 0.5) is 0 Å². The largest absolute Gasteiger partial charge is 0.508 e. The van der Waals surface area contributed by atoms with Gasteiger partial charge < -0.3 is 15.3 Å². The Morgan fingerprint density at radius 1 is 1.03 bits per heavy atom. The standard InChI is InChI=1S/C29H29N5O2/c35-22-11-9-21(10-12-22)25-18-23(28(36)34-17-16-30-29(19-34)14-4-5-15-29)26-24(32-33-27(26)31-25)13-8-20-6-2-1-3-7-20/h1-3,6-13,18,30,35H,4-5,14-17,19H2,(H,31,32,33). The van der Waals surface area contributed by atoms with E-state index in [4.69, 9.17) is 4.98 Å². The molecule has 36 heavy (non-hydrogen) atoms. The van der Waals surface area contributed by atoms with E-state index in [1.807, 2.05) is 65.6 Å². The lowest BCUT2D eigenvalue weighted by Crippen LogP contribution is -2.60. The summed E-state index contributed by atoms with van der Waals surface area (Å²) in [5.41, 5.74) is 4.44. The lowest BCUT2D eigenvalue weighted by Gasteiger charge is -2.41. The van der Waals surface area contributed by atoms with Gasteiger partial charge in [0.25, 0.3) is 5.91 Å². The van der Waals surface area contributed by atoms with Gasteiger partial charge in [-0.2, -0.15) is 5.10 Å². The predicted molar refractivity (Wildman–Crippen MR) is 141 cm³/mol. The number of benzene rings is 2. The zero-order valence-electron chi connectivity index (χ0n) is 20.1. The molecule has 7 heteroatoms. The van der Waals surface area contributed by atoms with Crippen LogP contribution in [-0.2, 0) is 0 Å². The van der Waals surface area contributed by atoms with Crippen molar-refractivity contribution >= 4 is 29.1 Å². The maximum atomic E-state index is 14.1. The van der Waals surface area contributed by atoms with Crippen molar-refractivity contribution in [2.45, 2.75) is 31.2 Å². The molecule has 3 heterocycles. The molecule has 0 atom stereocenters. The van der Waals surface area contributed by atoms with Gasteiger partial charge in [-0.3, -0.25) is 9.89 Å². The van der Waals surface area contributed by atoms with E-state index in [0.29, 0.717) is 29.1 Å². The van der Waals surface area contributed by atoms with E-state index in [9.17, 15) is 9.90 Å². The quantitative estimate of drug-likeness (QED) is 0.389. The van der Waals surface area contributed by atoms with Crippen LogP contribution in [0.5, 0.6) is 5.75 Å². The monoisotopic (exact) mass is 479 g/mol. The predicted octanol–water partition coefficient (Wildman–Crippen LogP) is 4.86. The third kappa shape index (κ3) is 4.27. The summed E-state index contributed by atoms with van der Waals surface area (Å²) >= 11 is 0. The Hall–Kier alpha value is -3.97. The van der Waals surface area contributed by atoms with Crippen molar-refractivity contribution in [3.63, 3.8) is 0 Å². The number of H-pyrrole nitrogens is 1. The number of carbonyl (C=O) groups excluding carboxylic acids is 1. The van der Waals surface area contributed by atoms with Crippen molar-refractivity contribution in [3.8, 4) is 17.0 Å². The Labute approximate surface area is 209 Å². The van der Waals surface area contributed by atoms with Gasteiger partial charge in [0.2, 0.25) is 0 Å². The molecule has 3 N–H and O–H groups in total. The van der Waals surface area contributed by atoms with Gasteiger partial charge in [-0.15, -0.1) is 0 Å². The molecule has 1 amide bonds. The van der Waals surface area contributed by atoms with Gasteiger partial charge in [0, 0.05) is 30.7 Å². The lowest BCUT2D eigenvalue weighted by molar-refractivity contribution is 0.0626. The van der Waals surface area contributed by atoms with Crippen LogP contribution in [0.25, 0.3) is 34.4 Å². The molecule has 1 aliphatic heterocycles. The number of nitrogens with zero attached hydrogens (tertiary/aromatic N) is 3. The Kier molecular flexibility index (Phi) is 5.77. The third-order valence-corrected chi connectivity index (χ3v) is 7.41. The minimum atomic E-state index is 0.00552. The fraction of sp³-hybridized carbons (Fsp3) is 0.276. The minimum Gasteiger partial charge on any atom is -0.508 e. The molecule has 2 fully saturated rings. The number of aromatic nitrogens is 3. The molecule has 1 aliphatic carbocycles. The normalized spacial score (nSPS) is 17.4. The van der Waals surface area contributed by atoms with Gasteiger partial charge in [-0.05, 0) is 54.8 Å². The van der Waals surface area contributed by atoms with Crippen LogP contribution < -0.4 is 5.32 Å².